The normalized spacial score (nSPS) is 30.6. The van der Waals surface area contributed by atoms with E-state index in [1.54, 1.807) is 13.8 Å². The largest absolute Gasteiger partial charge is 0.493 e. The molecule has 0 aromatic carbocycles. The van der Waals surface area contributed by atoms with E-state index in [0.29, 0.717) is 24.3 Å². The van der Waals surface area contributed by atoms with Crippen LogP contribution in [0.25, 0.3) is 0 Å². The van der Waals surface area contributed by atoms with Gasteiger partial charge in [-0.1, -0.05) is 12.5 Å². The monoisotopic (exact) mass is 445 g/mol. The van der Waals surface area contributed by atoms with Crippen molar-refractivity contribution in [1.29, 1.82) is 0 Å². The van der Waals surface area contributed by atoms with Crippen LogP contribution in [0.3, 0.4) is 0 Å². The minimum atomic E-state index is -0.750. The molecular weight excluding hydrogens is 414 g/mol. The first-order chi connectivity index (χ1) is 15.4. The molecule has 0 saturated heterocycles. The Morgan fingerprint density at radius 1 is 1.25 bits per heavy atom. The van der Waals surface area contributed by atoms with Gasteiger partial charge in [0.2, 0.25) is 5.90 Å². The summed E-state index contributed by atoms with van der Waals surface area (Å²) in [6.45, 7) is 3.63. The second kappa shape index (κ2) is 9.10. The standard InChI is InChI=1S/C24H31NO7/c1-4-30-22(27)16(23(28)31-5-2)10-14-13-24-9-7-6-8-19(24)32-18-12-15(26)11-17(20(18)24)25-21(14)29-3/h10,13,15,17,19,26H,4-9,11-12H2,1-3H3/t15-,17?,19?,24?/m1/s1. The maximum absolute atomic E-state index is 12.6. The average molecular weight is 446 g/mol. The van der Waals surface area contributed by atoms with Crippen LogP contribution in [-0.2, 0) is 28.5 Å². The summed E-state index contributed by atoms with van der Waals surface area (Å²) in [4.78, 5) is 30.0. The molecule has 4 atom stereocenters. The molecule has 0 radical (unpaired) electrons. The van der Waals surface area contributed by atoms with Crippen LogP contribution in [0.5, 0.6) is 0 Å². The van der Waals surface area contributed by atoms with Gasteiger partial charge in [0.25, 0.3) is 0 Å². The highest BCUT2D eigenvalue weighted by Crippen LogP contribution is 2.57. The highest BCUT2D eigenvalue weighted by Gasteiger charge is 2.55. The van der Waals surface area contributed by atoms with E-state index < -0.39 is 23.5 Å². The van der Waals surface area contributed by atoms with E-state index in [-0.39, 0.29) is 30.9 Å². The first-order valence-corrected chi connectivity index (χ1v) is 11.4. The molecule has 0 aromatic heterocycles. The highest BCUT2D eigenvalue weighted by molar-refractivity contribution is 6.16. The van der Waals surface area contributed by atoms with Crippen molar-refractivity contribution in [3.8, 4) is 0 Å². The third kappa shape index (κ3) is 3.85. The fourth-order valence-corrected chi connectivity index (χ4v) is 5.42. The molecule has 8 heteroatoms. The van der Waals surface area contributed by atoms with Gasteiger partial charge in [-0.15, -0.1) is 0 Å². The van der Waals surface area contributed by atoms with Crippen molar-refractivity contribution in [3.63, 3.8) is 0 Å². The Morgan fingerprint density at radius 2 is 1.97 bits per heavy atom. The molecular formula is C24H31NO7. The van der Waals surface area contributed by atoms with E-state index in [1.165, 1.54) is 13.2 Å². The minimum Gasteiger partial charge on any atom is -0.493 e. The summed E-state index contributed by atoms with van der Waals surface area (Å²) in [6, 6.07) is -0.275. The fourth-order valence-electron chi connectivity index (χ4n) is 5.42. The summed E-state index contributed by atoms with van der Waals surface area (Å²) in [5.74, 6) is -0.355. The molecule has 1 fully saturated rings. The van der Waals surface area contributed by atoms with Crippen molar-refractivity contribution in [3.05, 3.63) is 34.6 Å². The molecule has 2 heterocycles. The van der Waals surface area contributed by atoms with E-state index in [0.717, 1.165) is 37.0 Å². The Balaban J connectivity index is 1.87. The molecule has 0 aromatic rings. The second-order valence-electron chi connectivity index (χ2n) is 8.58. The third-order valence-electron chi connectivity index (χ3n) is 6.63. The van der Waals surface area contributed by atoms with E-state index >= 15 is 0 Å². The molecule has 3 unspecified atom stereocenters. The smallest absolute Gasteiger partial charge is 0.345 e. The van der Waals surface area contributed by atoms with E-state index in [4.69, 9.17) is 23.9 Å². The molecule has 2 aliphatic heterocycles. The SMILES string of the molecule is CCOC(=O)C(=CC1=CC23CCCCC2OC2=C3C(C[C@@H](O)C2)N=C1OC)C(=O)OCC. The first-order valence-electron chi connectivity index (χ1n) is 11.4. The number of ether oxygens (including phenoxy) is 4. The quantitative estimate of drug-likeness (QED) is 0.300. The maximum Gasteiger partial charge on any atom is 0.345 e. The van der Waals surface area contributed by atoms with Crippen molar-refractivity contribution < 1.29 is 33.6 Å². The van der Waals surface area contributed by atoms with Crippen LogP contribution < -0.4 is 0 Å². The number of hydrogen-bond acceptors (Lipinski definition) is 8. The van der Waals surface area contributed by atoms with Crippen LogP contribution in [0.1, 0.15) is 52.4 Å². The van der Waals surface area contributed by atoms with Gasteiger partial charge in [0.05, 0.1) is 37.9 Å². The number of hydrogen-bond donors (Lipinski definition) is 1. The number of nitrogens with zero attached hydrogens (tertiary/aromatic N) is 1. The summed E-state index contributed by atoms with van der Waals surface area (Å²) >= 11 is 0. The van der Waals surface area contributed by atoms with Gasteiger partial charge in [0.15, 0.2) is 0 Å². The average Bonchev–Trinajstić information content (AvgIpc) is 3.01. The summed E-state index contributed by atoms with van der Waals surface area (Å²) in [5.41, 5.74) is 1.03. The number of aliphatic hydroxyl groups is 1. The van der Waals surface area contributed by atoms with Gasteiger partial charge in [-0.3, -0.25) is 0 Å². The summed E-state index contributed by atoms with van der Waals surface area (Å²) < 4.78 is 22.2. The number of carbonyl (C=O) groups is 2. The van der Waals surface area contributed by atoms with Gasteiger partial charge in [-0.25, -0.2) is 14.6 Å². The highest BCUT2D eigenvalue weighted by atomic mass is 16.6. The Morgan fingerprint density at radius 3 is 2.62 bits per heavy atom. The van der Waals surface area contributed by atoms with Crippen molar-refractivity contribution in [2.45, 2.75) is 70.6 Å². The molecule has 174 valence electrons. The number of aliphatic imine (C=N–C) groups is 1. The first kappa shape index (κ1) is 22.6. The van der Waals surface area contributed by atoms with Gasteiger partial charge in [0, 0.05) is 24.0 Å². The lowest BCUT2D eigenvalue weighted by atomic mass is 9.64. The van der Waals surface area contributed by atoms with Gasteiger partial charge in [-0.05, 0) is 39.2 Å². The number of esters is 2. The van der Waals surface area contributed by atoms with Crippen LogP contribution in [0.15, 0.2) is 39.6 Å². The van der Waals surface area contributed by atoms with Crippen LogP contribution in [-0.4, -0.2) is 61.5 Å². The number of rotatable bonds is 5. The predicted molar refractivity (Wildman–Crippen MR) is 116 cm³/mol. The third-order valence-corrected chi connectivity index (χ3v) is 6.63. The van der Waals surface area contributed by atoms with E-state index in [2.05, 4.69) is 6.08 Å². The van der Waals surface area contributed by atoms with E-state index in [1.807, 2.05) is 0 Å². The van der Waals surface area contributed by atoms with Crippen LogP contribution >= 0.6 is 0 Å². The molecule has 32 heavy (non-hydrogen) atoms. The number of methoxy groups -OCH3 is 1. The summed E-state index contributed by atoms with van der Waals surface area (Å²) in [6.07, 6.45) is 7.76. The van der Waals surface area contributed by atoms with Crippen LogP contribution in [0.4, 0.5) is 0 Å². The van der Waals surface area contributed by atoms with Crippen LogP contribution in [0, 0.1) is 5.41 Å². The lowest BCUT2D eigenvalue weighted by Crippen LogP contribution is -2.38. The zero-order chi connectivity index (χ0) is 22.9. The van der Waals surface area contributed by atoms with Gasteiger partial charge in [-0.2, -0.15) is 0 Å². The van der Waals surface area contributed by atoms with Crippen molar-refractivity contribution >= 4 is 17.8 Å². The minimum absolute atomic E-state index is 0.0579. The number of carbonyl (C=O) groups excluding carboxylic acids is 2. The fraction of sp³-hybridized carbons (Fsp3) is 0.625. The predicted octanol–water partition coefficient (Wildman–Crippen LogP) is 2.76. The lowest BCUT2D eigenvalue weighted by molar-refractivity contribution is -0.146. The molecule has 0 amide bonds. The summed E-state index contributed by atoms with van der Waals surface area (Å²) in [7, 11) is 1.51. The molecule has 4 rings (SSSR count). The molecule has 1 saturated carbocycles. The van der Waals surface area contributed by atoms with Gasteiger partial charge in [0.1, 0.15) is 17.4 Å². The molecule has 1 spiro atoms. The molecule has 0 bridgehead atoms. The second-order valence-corrected chi connectivity index (χ2v) is 8.58. The molecule has 1 N–H and O–H groups in total. The zero-order valence-electron chi connectivity index (χ0n) is 18.9. The van der Waals surface area contributed by atoms with Crippen LogP contribution in [0.2, 0.25) is 0 Å². The van der Waals surface area contributed by atoms with Crippen molar-refractivity contribution in [1.82, 2.24) is 0 Å². The maximum atomic E-state index is 12.6. The number of aliphatic hydroxyl groups excluding tert-OH is 1. The zero-order valence-corrected chi connectivity index (χ0v) is 18.9. The molecule has 8 nitrogen and oxygen atoms in total. The summed E-state index contributed by atoms with van der Waals surface area (Å²) in [5, 5.41) is 10.4. The molecule has 2 aliphatic carbocycles. The van der Waals surface area contributed by atoms with Gasteiger partial charge >= 0.3 is 11.9 Å². The Bertz CT molecular complexity index is 895. The lowest BCUT2D eigenvalue weighted by Gasteiger charge is -2.39. The van der Waals surface area contributed by atoms with Gasteiger partial charge < -0.3 is 24.1 Å². The van der Waals surface area contributed by atoms with Crippen molar-refractivity contribution in [2.75, 3.05) is 20.3 Å². The Labute approximate surface area is 188 Å². The molecule has 4 aliphatic rings. The topological polar surface area (TPSA) is 104 Å². The Kier molecular flexibility index (Phi) is 6.42. The van der Waals surface area contributed by atoms with E-state index in [9.17, 15) is 14.7 Å². The Hall–Kier alpha value is -2.61. The van der Waals surface area contributed by atoms with Crippen molar-refractivity contribution in [2.24, 2.45) is 10.4 Å².